The summed E-state index contributed by atoms with van der Waals surface area (Å²) in [6.07, 6.45) is 3.87. The number of hydrogen-bond donors (Lipinski definition) is 0. The van der Waals surface area contributed by atoms with Gasteiger partial charge in [0.05, 0.1) is 11.9 Å². The van der Waals surface area contributed by atoms with E-state index in [4.69, 9.17) is 4.98 Å². The molecule has 0 atom stereocenters. The number of nitrogens with zero attached hydrogens (tertiary/aromatic N) is 4. The molecule has 29 heavy (non-hydrogen) atoms. The smallest absolute Gasteiger partial charge is 0.256 e. The molecule has 0 N–H and O–H groups in total. The molecule has 0 unspecified atom stereocenters. The molecule has 4 rings (SSSR count). The molecule has 0 saturated heterocycles. The summed E-state index contributed by atoms with van der Waals surface area (Å²) in [5.41, 5.74) is 7.47. The van der Waals surface area contributed by atoms with Gasteiger partial charge in [-0.2, -0.15) is 4.57 Å². The highest BCUT2D eigenvalue weighted by molar-refractivity contribution is 5.66. The largest absolute Gasteiger partial charge is 0.358 e. The van der Waals surface area contributed by atoms with Gasteiger partial charge in [0, 0.05) is 18.5 Å². The van der Waals surface area contributed by atoms with Gasteiger partial charge in [-0.1, -0.05) is 50.2 Å². The van der Waals surface area contributed by atoms with Crippen molar-refractivity contribution >= 4 is 0 Å². The van der Waals surface area contributed by atoms with Gasteiger partial charge in [-0.3, -0.25) is 4.57 Å². The lowest BCUT2D eigenvalue weighted by Crippen LogP contribution is -2.38. The van der Waals surface area contributed by atoms with Crippen LogP contribution in [0.3, 0.4) is 0 Å². The first-order valence-corrected chi connectivity index (χ1v) is 10.2. The summed E-state index contributed by atoms with van der Waals surface area (Å²) in [7, 11) is 2.05. The summed E-state index contributed by atoms with van der Waals surface area (Å²) in [6.45, 7) is 11.1. The number of hydrogen-bond acceptors (Lipinski definition) is 1. The maximum absolute atomic E-state index is 4.71. The quantitative estimate of drug-likeness (QED) is 0.443. The first-order valence-electron chi connectivity index (χ1n) is 10.2. The molecule has 4 aromatic rings. The molecule has 4 heteroatoms. The third-order valence-corrected chi connectivity index (χ3v) is 5.63. The van der Waals surface area contributed by atoms with Crippen LogP contribution in [0.5, 0.6) is 0 Å². The van der Waals surface area contributed by atoms with Crippen LogP contribution in [0.1, 0.15) is 42.3 Å². The lowest BCUT2D eigenvalue weighted by Gasteiger charge is -2.14. The van der Waals surface area contributed by atoms with Crippen LogP contribution in [-0.2, 0) is 7.05 Å². The normalized spacial score (nSPS) is 11.4. The van der Waals surface area contributed by atoms with E-state index in [1.165, 1.54) is 33.8 Å². The Kier molecular flexibility index (Phi) is 4.87. The molecule has 0 amide bonds. The zero-order valence-corrected chi connectivity index (χ0v) is 18.1. The van der Waals surface area contributed by atoms with Crippen LogP contribution in [0.4, 0.5) is 0 Å². The van der Waals surface area contributed by atoms with E-state index < -0.39 is 0 Å². The Hall–Kier alpha value is -3.14. The molecule has 0 bridgehead atoms. The fourth-order valence-electron chi connectivity index (χ4n) is 4.37. The lowest BCUT2D eigenvalue weighted by atomic mass is 10.0. The van der Waals surface area contributed by atoms with Crippen molar-refractivity contribution in [3.63, 3.8) is 0 Å². The molecule has 4 nitrogen and oxygen atoms in total. The van der Waals surface area contributed by atoms with Crippen molar-refractivity contribution in [1.82, 2.24) is 14.1 Å². The summed E-state index contributed by atoms with van der Waals surface area (Å²) in [6, 6.07) is 17.2. The van der Waals surface area contributed by atoms with E-state index in [0.29, 0.717) is 5.92 Å². The van der Waals surface area contributed by atoms with Crippen LogP contribution in [0.2, 0.25) is 0 Å². The number of aryl methyl sites for hydroxylation is 3. The summed E-state index contributed by atoms with van der Waals surface area (Å²) in [5.74, 6) is 2.44. The number of para-hydroxylation sites is 1. The Labute approximate surface area is 173 Å². The van der Waals surface area contributed by atoms with Crippen molar-refractivity contribution < 1.29 is 4.57 Å². The molecule has 0 aliphatic heterocycles. The minimum absolute atomic E-state index is 0.361. The van der Waals surface area contributed by atoms with E-state index in [0.717, 1.165) is 11.8 Å². The van der Waals surface area contributed by atoms with E-state index in [-0.39, 0.29) is 0 Å². The summed E-state index contributed by atoms with van der Waals surface area (Å²) in [5, 5.41) is 0. The van der Waals surface area contributed by atoms with Gasteiger partial charge in [0.25, 0.3) is 0 Å². The highest BCUT2D eigenvalue weighted by Gasteiger charge is 2.32. The fraction of sp³-hybridized carbons (Fsp3) is 0.280. The Balaban J connectivity index is 2.23. The minimum Gasteiger partial charge on any atom is -0.256 e. The molecule has 0 aliphatic rings. The minimum atomic E-state index is 0.361. The van der Waals surface area contributed by atoms with Crippen molar-refractivity contribution in [2.45, 2.75) is 40.5 Å². The summed E-state index contributed by atoms with van der Waals surface area (Å²) < 4.78 is 6.82. The average molecular weight is 386 g/mol. The van der Waals surface area contributed by atoms with Crippen LogP contribution >= 0.6 is 0 Å². The zero-order chi connectivity index (χ0) is 20.7. The van der Waals surface area contributed by atoms with Crippen molar-refractivity contribution in [3.8, 4) is 23.0 Å². The molecule has 148 valence electrons. The monoisotopic (exact) mass is 385 g/mol. The third kappa shape index (κ3) is 3.09. The second-order valence-electron chi connectivity index (χ2n) is 8.06. The molecular weight excluding hydrogens is 356 g/mol. The van der Waals surface area contributed by atoms with Gasteiger partial charge < -0.3 is 0 Å². The third-order valence-electron chi connectivity index (χ3n) is 5.63. The lowest BCUT2D eigenvalue weighted by molar-refractivity contribution is -0.599. The molecule has 0 spiro atoms. The van der Waals surface area contributed by atoms with Gasteiger partial charge in [0.1, 0.15) is 17.6 Å². The van der Waals surface area contributed by atoms with E-state index in [2.05, 4.69) is 104 Å². The molecular formula is C25H29N4+. The number of rotatable bonds is 4. The first kappa shape index (κ1) is 19.2. The van der Waals surface area contributed by atoms with Gasteiger partial charge in [-0.25, -0.2) is 4.57 Å². The first-order chi connectivity index (χ1) is 13.9. The highest BCUT2D eigenvalue weighted by Crippen LogP contribution is 2.33. The molecule has 2 heterocycles. The maximum atomic E-state index is 4.71. The van der Waals surface area contributed by atoms with Gasteiger partial charge in [0.2, 0.25) is 5.82 Å². The topological polar surface area (TPSA) is 26.6 Å². The zero-order valence-electron chi connectivity index (χ0n) is 18.1. The van der Waals surface area contributed by atoms with E-state index >= 15 is 0 Å². The molecule has 2 aromatic heterocycles. The van der Waals surface area contributed by atoms with Gasteiger partial charge in [-0.15, -0.1) is 4.98 Å². The molecule has 0 fully saturated rings. The van der Waals surface area contributed by atoms with Crippen LogP contribution in [0.15, 0.2) is 60.9 Å². The second-order valence-corrected chi connectivity index (χ2v) is 8.06. The van der Waals surface area contributed by atoms with Crippen LogP contribution in [0, 0.1) is 20.8 Å². The molecule has 0 radical (unpaired) electrons. The Morgan fingerprint density at radius 2 is 1.55 bits per heavy atom. The molecule has 0 aliphatic carbocycles. The number of benzene rings is 2. The Morgan fingerprint density at radius 1 is 0.897 bits per heavy atom. The SMILES string of the molecule is Cc1cccc(C)c1-c1n(-c2ccccc2)c(C(C)C)c(C)[n+]1-c1nccn1C. The van der Waals surface area contributed by atoms with Crippen molar-refractivity contribution in [1.29, 1.82) is 0 Å². The predicted molar refractivity (Wildman–Crippen MR) is 118 cm³/mol. The van der Waals surface area contributed by atoms with Gasteiger partial charge in [0.15, 0.2) is 0 Å². The highest BCUT2D eigenvalue weighted by atomic mass is 15.3. The number of imidazole rings is 2. The van der Waals surface area contributed by atoms with E-state index in [1.54, 1.807) is 0 Å². The van der Waals surface area contributed by atoms with Gasteiger partial charge in [-0.05, 0) is 44.0 Å². The standard InChI is InChI=1S/C25H29N4/c1-17(2)23-20(5)28(25-26-15-16-27(25)6)24(22-18(3)11-10-12-19(22)4)29(23)21-13-8-7-9-14-21/h7-17H,1-6H3/q+1. The second kappa shape index (κ2) is 7.36. The van der Waals surface area contributed by atoms with Crippen LogP contribution < -0.4 is 4.57 Å². The molecule has 2 aromatic carbocycles. The summed E-state index contributed by atoms with van der Waals surface area (Å²) >= 11 is 0. The van der Waals surface area contributed by atoms with Crippen molar-refractivity contribution in [3.05, 3.63) is 83.4 Å². The van der Waals surface area contributed by atoms with Crippen molar-refractivity contribution in [2.75, 3.05) is 0 Å². The number of aromatic nitrogens is 4. The molecule has 0 saturated carbocycles. The average Bonchev–Trinajstić information content (AvgIpc) is 3.23. The van der Waals surface area contributed by atoms with Crippen LogP contribution in [-0.4, -0.2) is 14.1 Å². The van der Waals surface area contributed by atoms with E-state index in [9.17, 15) is 0 Å². The predicted octanol–water partition coefficient (Wildman–Crippen LogP) is 5.20. The Bertz CT molecular complexity index is 1140. The van der Waals surface area contributed by atoms with Gasteiger partial charge >= 0.3 is 5.95 Å². The maximum Gasteiger partial charge on any atom is 0.358 e. The Morgan fingerprint density at radius 3 is 2.10 bits per heavy atom. The summed E-state index contributed by atoms with van der Waals surface area (Å²) in [4.78, 5) is 4.71. The fourth-order valence-corrected chi connectivity index (χ4v) is 4.37. The van der Waals surface area contributed by atoms with Crippen molar-refractivity contribution in [2.24, 2.45) is 7.05 Å². The van der Waals surface area contributed by atoms with E-state index in [1.807, 2.05) is 12.4 Å². The van der Waals surface area contributed by atoms with Crippen LogP contribution in [0.25, 0.3) is 23.0 Å².